The second-order valence-corrected chi connectivity index (χ2v) is 5.53. The van der Waals surface area contributed by atoms with E-state index in [4.69, 9.17) is 14.6 Å². The fourth-order valence-corrected chi connectivity index (χ4v) is 2.10. The van der Waals surface area contributed by atoms with Gasteiger partial charge in [0.2, 0.25) is 5.91 Å². The number of aliphatic hydroxyl groups is 1. The van der Waals surface area contributed by atoms with Crippen molar-refractivity contribution in [3.63, 3.8) is 0 Å². The number of carbonyl (C=O) groups excluding carboxylic acids is 2. The van der Waals surface area contributed by atoms with Crippen molar-refractivity contribution in [2.45, 2.75) is 19.0 Å². The lowest BCUT2D eigenvalue weighted by atomic mass is 10.0. The van der Waals surface area contributed by atoms with Crippen LogP contribution in [-0.2, 0) is 25.6 Å². The molecule has 8 nitrogen and oxygen atoms in total. The topological polar surface area (TPSA) is 106 Å². The van der Waals surface area contributed by atoms with Crippen LogP contribution >= 0.6 is 0 Å². The van der Waals surface area contributed by atoms with Crippen molar-refractivity contribution in [3.8, 4) is 5.75 Å². The summed E-state index contributed by atoms with van der Waals surface area (Å²) in [6.45, 7) is 1.66. The predicted octanol–water partition coefficient (Wildman–Crippen LogP) is -0.158. The van der Waals surface area contributed by atoms with Crippen molar-refractivity contribution < 1.29 is 28.9 Å². The van der Waals surface area contributed by atoms with Crippen LogP contribution in [-0.4, -0.2) is 63.1 Å². The van der Waals surface area contributed by atoms with Gasteiger partial charge in [-0.3, -0.25) is 14.9 Å². The van der Waals surface area contributed by atoms with Crippen molar-refractivity contribution in [2.75, 3.05) is 40.6 Å². The minimum Gasteiger partial charge on any atom is -0.496 e. The molecular weight excluding hydrogens is 328 g/mol. The molecule has 8 heteroatoms. The van der Waals surface area contributed by atoms with E-state index in [-0.39, 0.29) is 38.8 Å². The second kappa shape index (κ2) is 10.7. The van der Waals surface area contributed by atoms with Crippen LogP contribution in [0.2, 0.25) is 0 Å². The third-order valence-electron chi connectivity index (χ3n) is 3.61. The molecule has 0 bridgehead atoms. The summed E-state index contributed by atoms with van der Waals surface area (Å²) in [5.74, 6) is -0.172. The first-order valence-electron chi connectivity index (χ1n) is 7.87. The number of hydrogen-bond donors (Lipinski definition) is 3. The summed E-state index contributed by atoms with van der Waals surface area (Å²) in [6, 6.07) is 7.35. The maximum absolute atomic E-state index is 12.6. The van der Waals surface area contributed by atoms with E-state index in [0.717, 1.165) is 5.56 Å². The predicted molar refractivity (Wildman–Crippen MR) is 91.2 cm³/mol. The van der Waals surface area contributed by atoms with Crippen molar-refractivity contribution >= 4 is 11.9 Å². The molecule has 0 saturated heterocycles. The van der Waals surface area contributed by atoms with Gasteiger partial charge in [-0.1, -0.05) is 18.2 Å². The minimum atomic E-state index is -1.16. The summed E-state index contributed by atoms with van der Waals surface area (Å²) in [6.07, 6.45) is 0. The number of benzene rings is 1. The average molecular weight is 354 g/mol. The standard InChI is InChI=1S/C17H26N2O6/c1-17(12-25-9-8-20,19-11-15(21)24-3)16(22)18-10-13-6-4-5-7-14(13)23-2/h4-7,19-20H,8-12H2,1-3H3,(H,18,22). The number of aliphatic hydroxyl groups excluding tert-OH is 1. The Morgan fingerprint density at radius 1 is 1.24 bits per heavy atom. The molecule has 0 radical (unpaired) electrons. The average Bonchev–Trinajstić information content (AvgIpc) is 2.64. The van der Waals surface area contributed by atoms with Gasteiger partial charge in [0.15, 0.2) is 0 Å². The number of para-hydroxylation sites is 1. The summed E-state index contributed by atoms with van der Waals surface area (Å²) < 4.78 is 15.1. The molecule has 1 atom stereocenters. The van der Waals surface area contributed by atoms with Crippen LogP contribution in [0.3, 0.4) is 0 Å². The van der Waals surface area contributed by atoms with Gasteiger partial charge in [-0.2, -0.15) is 0 Å². The van der Waals surface area contributed by atoms with Crippen LogP contribution in [0.15, 0.2) is 24.3 Å². The number of carbonyl (C=O) groups is 2. The lowest BCUT2D eigenvalue weighted by Crippen LogP contribution is -2.59. The van der Waals surface area contributed by atoms with Crippen LogP contribution in [0.4, 0.5) is 0 Å². The van der Waals surface area contributed by atoms with Crippen LogP contribution < -0.4 is 15.4 Å². The van der Waals surface area contributed by atoms with E-state index in [1.165, 1.54) is 7.11 Å². The van der Waals surface area contributed by atoms with E-state index in [1.54, 1.807) is 20.1 Å². The highest BCUT2D eigenvalue weighted by Gasteiger charge is 2.33. The summed E-state index contributed by atoms with van der Waals surface area (Å²) in [5.41, 5.74) is -0.337. The molecule has 0 aromatic heterocycles. The molecule has 1 amide bonds. The SMILES string of the molecule is COC(=O)CNC(C)(COCCO)C(=O)NCc1ccccc1OC. The molecule has 0 aliphatic heterocycles. The zero-order valence-electron chi connectivity index (χ0n) is 14.8. The van der Waals surface area contributed by atoms with Gasteiger partial charge in [0.25, 0.3) is 0 Å². The lowest BCUT2D eigenvalue weighted by molar-refractivity contribution is -0.140. The fraction of sp³-hybridized carbons (Fsp3) is 0.529. The number of amides is 1. The Morgan fingerprint density at radius 2 is 1.96 bits per heavy atom. The molecule has 0 aliphatic rings. The molecule has 25 heavy (non-hydrogen) atoms. The highest BCUT2D eigenvalue weighted by molar-refractivity contribution is 5.86. The number of esters is 1. The Bertz CT molecular complexity index is 566. The Hall–Kier alpha value is -2.16. The first kappa shape index (κ1) is 20.9. The minimum absolute atomic E-state index is 0.0116. The molecule has 1 aromatic rings. The molecule has 0 saturated carbocycles. The van der Waals surface area contributed by atoms with Crippen molar-refractivity contribution in [3.05, 3.63) is 29.8 Å². The summed E-state index contributed by atoms with van der Waals surface area (Å²) in [4.78, 5) is 24.0. The smallest absolute Gasteiger partial charge is 0.319 e. The quantitative estimate of drug-likeness (QED) is 0.374. The van der Waals surface area contributed by atoms with Gasteiger partial charge in [-0.05, 0) is 13.0 Å². The van der Waals surface area contributed by atoms with Crippen LogP contribution in [0.25, 0.3) is 0 Å². The molecular formula is C17H26N2O6. The Morgan fingerprint density at radius 3 is 2.60 bits per heavy atom. The van der Waals surface area contributed by atoms with Crippen LogP contribution in [0.1, 0.15) is 12.5 Å². The van der Waals surface area contributed by atoms with Gasteiger partial charge in [0.1, 0.15) is 11.3 Å². The van der Waals surface area contributed by atoms with Gasteiger partial charge in [-0.15, -0.1) is 0 Å². The summed E-state index contributed by atoms with van der Waals surface area (Å²) >= 11 is 0. The Kier molecular flexibility index (Phi) is 8.90. The third-order valence-corrected chi connectivity index (χ3v) is 3.61. The molecule has 0 aliphatic carbocycles. The van der Waals surface area contributed by atoms with Crippen molar-refractivity contribution in [1.82, 2.24) is 10.6 Å². The second-order valence-electron chi connectivity index (χ2n) is 5.53. The van der Waals surface area contributed by atoms with Crippen molar-refractivity contribution in [1.29, 1.82) is 0 Å². The number of hydrogen-bond acceptors (Lipinski definition) is 7. The van der Waals surface area contributed by atoms with Gasteiger partial charge in [0, 0.05) is 12.1 Å². The Labute approximate surface area is 147 Å². The monoisotopic (exact) mass is 354 g/mol. The molecule has 1 unspecified atom stereocenters. The van der Waals surface area contributed by atoms with Gasteiger partial charge in [0.05, 0.1) is 40.6 Å². The van der Waals surface area contributed by atoms with Gasteiger partial charge in [-0.25, -0.2) is 0 Å². The lowest BCUT2D eigenvalue weighted by Gasteiger charge is -2.29. The highest BCUT2D eigenvalue weighted by atomic mass is 16.5. The first-order valence-corrected chi connectivity index (χ1v) is 7.87. The first-order chi connectivity index (χ1) is 12.0. The number of methoxy groups -OCH3 is 2. The molecule has 140 valence electrons. The number of nitrogens with one attached hydrogen (secondary N) is 2. The van der Waals surface area contributed by atoms with Crippen LogP contribution in [0.5, 0.6) is 5.75 Å². The van der Waals surface area contributed by atoms with E-state index < -0.39 is 11.5 Å². The zero-order chi connectivity index (χ0) is 18.7. The van der Waals surface area contributed by atoms with Gasteiger partial charge < -0.3 is 24.6 Å². The van der Waals surface area contributed by atoms with E-state index in [0.29, 0.717) is 5.75 Å². The Balaban J connectivity index is 2.74. The molecule has 1 aromatic carbocycles. The third kappa shape index (κ3) is 6.69. The summed E-state index contributed by atoms with van der Waals surface area (Å²) in [7, 11) is 2.83. The van der Waals surface area contributed by atoms with E-state index in [9.17, 15) is 9.59 Å². The normalized spacial score (nSPS) is 13.0. The molecule has 3 N–H and O–H groups in total. The van der Waals surface area contributed by atoms with E-state index in [2.05, 4.69) is 15.4 Å². The molecule has 0 spiro atoms. The number of rotatable bonds is 11. The zero-order valence-corrected chi connectivity index (χ0v) is 14.8. The van der Waals surface area contributed by atoms with Gasteiger partial charge >= 0.3 is 5.97 Å². The fourth-order valence-electron chi connectivity index (χ4n) is 2.10. The maximum Gasteiger partial charge on any atom is 0.319 e. The molecule has 1 rings (SSSR count). The van der Waals surface area contributed by atoms with Crippen LogP contribution in [0, 0.1) is 0 Å². The molecule has 0 fully saturated rings. The largest absolute Gasteiger partial charge is 0.496 e. The summed E-state index contributed by atoms with van der Waals surface area (Å²) in [5, 5.41) is 14.5. The maximum atomic E-state index is 12.6. The van der Waals surface area contributed by atoms with E-state index >= 15 is 0 Å². The van der Waals surface area contributed by atoms with E-state index in [1.807, 2.05) is 18.2 Å². The highest BCUT2D eigenvalue weighted by Crippen LogP contribution is 2.17. The molecule has 0 heterocycles. The number of ether oxygens (including phenoxy) is 3. The van der Waals surface area contributed by atoms with Crippen molar-refractivity contribution in [2.24, 2.45) is 0 Å².